The topological polar surface area (TPSA) is 75.6 Å². The van der Waals surface area contributed by atoms with Crippen LogP contribution in [0.25, 0.3) is 0 Å². The molecule has 0 bridgehead atoms. The predicted octanol–water partition coefficient (Wildman–Crippen LogP) is 1.94. The minimum atomic E-state index is -2.97. The van der Waals surface area contributed by atoms with Crippen LogP contribution in [0, 0.1) is 0 Å². The van der Waals surface area contributed by atoms with Crippen molar-refractivity contribution in [3.05, 3.63) is 29.8 Å². The maximum atomic E-state index is 12.2. The number of para-hydroxylation sites is 1. The van der Waals surface area contributed by atoms with Crippen molar-refractivity contribution in [3.63, 3.8) is 0 Å². The van der Waals surface area contributed by atoms with E-state index in [1.165, 1.54) is 18.2 Å². The summed E-state index contributed by atoms with van der Waals surface area (Å²) in [4.78, 5) is 21.6. The van der Waals surface area contributed by atoms with Crippen molar-refractivity contribution in [1.29, 1.82) is 0 Å². The Morgan fingerprint density at radius 3 is 2.58 bits per heavy atom. The summed E-state index contributed by atoms with van der Waals surface area (Å²) in [6.45, 7) is -1.42. The van der Waals surface area contributed by atoms with Crippen LogP contribution in [0.1, 0.15) is 24.9 Å². The van der Waals surface area contributed by atoms with E-state index in [1.807, 2.05) is 0 Å². The molecule has 0 heterocycles. The van der Waals surface area contributed by atoms with E-state index < -0.39 is 31.0 Å². The van der Waals surface area contributed by atoms with E-state index in [1.54, 1.807) is 13.0 Å². The van der Waals surface area contributed by atoms with E-state index in [0.29, 0.717) is 5.56 Å². The van der Waals surface area contributed by atoms with Crippen LogP contribution < -0.4 is 10.1 Å². The zero-order valence-corrected chi connectivity index (χ0v) is 10.1. The fraction of sp³-hybridized carbons (Fsp3) is 0.333. The van der Waals surface area contributed by atoms with Crippen LogP contribution in [0.5, 0.6) is 5.75 Å². The number of hydrogen-bond acceptors (Lipinski definition) is 3. The summed E-state index contributed by atoms with van der Waals surface area (Å²) in [7, 11) is 0. The molecule has 104 valence electrons. The van der Waals surface area contributed by atoms with Gasteiger partial charge in [-0.05, 0) is 13.0 Å². The average molecular weight is 273 g/mol. The van der Waals surface area contributed by atoms with Crippen LogP contribution in [0.15, 0.2) is 24.3 Å². The Morgan fingerprint density at radius 1 is 1.37 bits per heavy atom. The molecule has 0 aliphatic rings. The molecule has 0 spiro atoms. The molecule has 0 aromatic heterocycles. The Kier molecular flexibility index (Phi) is 5.23. The molecular formula is C12H13F2NO4. The number of carbonyl (C=O) groups is 2. The van der Waals surface area contributed by atoms with Crippen LogP contribution in [0.3, 0.4) is 0 Å². The number of ether oxygens (including phenoxy) is 1. The zero-order valence-electron chi connectivity index (χ0n) is 10.1. The number of carbonyl (C=O) groups excluding carboxylic acids is 1. The Morgan fingerprint density at radius 2 is 2.00 bits per heavy atom. The van der Waals surface area contributed by atoms with Gasteiger partial charge >= 0.3 is 12.6 Å². The van der Waals surface area contributed by atoms with Crippen molar-refractivity contribution in [2.24, 2.45) is 0 Å². The Balaban J connectivity index is 2.78. The molecule has 1 atom stereocenters. The number of hydrogen-bond donors (Lipinski definition) is 2. The fourth-order valence-corrected chi connectivity index (χ4v) is 1.55. The summed E-state index contributed by atoms with van der Waals surface area (Å²) < 4.78 is 28.8. The molecular weight excluding hydrogens is 260 g/mol. The van der Waals surface area contributed by atoms with Gasteiger partial charge in [-0.1, -0.05) is 18.2 Å². The number of carboxylic acids is 1. The summed E-state index contributed by atoms with van der Waals surface area (Å²) in [6, 6.07) is 5.35. The van der Waals surface area contributed by atoms with Crippen LogP contribution in [0.2, 0.25) is 0 Å². The molecule has 0 aliphatic carbocycles. The second-order valence-electron chi connectivity index (χ2n) is 3.78. The molecule has 1 unspecified atom stereocenters. The van der Waals surface area contributed by atoms with Crippen LogP contribution in [0.4, 0.5) is 8.78 Å². The molecule has 1 aromatic rings. The first-order chi connectivity index (χ1) is 8.90. The lowest BCUT2D eigenvalue weighted by atomic mass is 10.1. The van der Waals surface area contributed by atoms with Gasteiger partial charge in [0.2, 0.25) is 5.91 Å². The number of amides is 1. The Hall–Kier alpha value is -2.18. The van der Waals surface area contributed by atoms with Gasteiger partial charge in [-0.2, -0.15) is 8.78 Å². The number of aliphatic carboxylic acids is 1. The lowest BCUT2D eigenvalue weighted by molar-refractivity contribution is -0.140. The highest BCUT2D eigenvalue weighted by atomic mass is 19.3. The first kappa shape index (κ1) is 14.9. The quantitative estimate of drug-likeness (QED) is 0.777. The predicted molar refractivity (Wildman–Crippen MR) is 61.9 cm³/mol. The van der Waals surface area contributed by atoms with Gasteiger partial charge < -0.3 is 15.2 Å². The summed E-state index contributed by atoms with van der Waals surface area (Å²) in [5.41, 5.74) is 0.349. The average Bonchev–Trinajstić information content (AvgIpc) is 2.27. The molecule has 2 N–H and O–H groups in total. The van der Waals surface area contributed by atoms with Gasteiger partial charge in [0.15, 0.2) is 0 Å². The van der Waals surface area contributed by atoms with E-state index >= 15 is 0 Å². The van der Waals surface area contributed by atoms with Gasteiger partial charge in [-0.3, -0.25) is 9.59 Å². The van der Waals surface area contributed by atoms with Gasteiger partial charge in [0.25, 0.3) is 0 Å². The maximum absolute atomic E-state index is 12.2. The summed E-state index contributed by atoms with van der Waals surface area (Å²) in [5.74, 6) is -2.02. The highest BCUT2D eigenvalue weighted by Gasteiger charge is 2.17. The molecule has 1 aromatic carbocycles. The highest BCUT2D eigenvalue weighted by molar-refractivity contribution is 5.93. The number of alkyl halides is 2. The Bertz CT molecular complexity index is 465. The van der Waals surface area contributed by atoms with Crippen molar-refractivity contribution in [2.45, 2.75) is 26.0 Å². The van der Waals surface area contributed by atoms with Crippen molar-refractivity contribution in [3.8, 4) is 5.75 Å². The third-order valence-electron chi connectivity index (χ3n) is 2.29. The van der Waals surface area contributed by atoms with E-state index in [4.69, 9.17) is 5.11 Å². The molecule has 5 nitrogen and oxygen atoms in total. The number of halogens is 2. The standard InChI is InChI=1S/C12H13F2NO4/c1-7(15-10(16)6-11(17)18)8-4-2-3-5-9(8)19-12(13)14/h2-5,7,12H,6H2,1H3,(H,15,16)(H,17,18). The SMILES string of the molecule is CC(NC(=O)CC(=O)O)c1ccccc1OC(F)F. The highest BCUT2D eigenvalue weighted by Crippen LogP contribution is 2.26. The second-order valence-corrected chi connectivity index (χ2v) is 3.78. The summed E-state index contributed by atoms with van der Waals surface area (Å²) in [5, 5.41) is 10.9. The third-order valence-corrected chi connectivity index (χ3v) is 2.29. The smallest absolute Gasteiger partial charge is 0.387 e. The minimum Gasteiger partial charge on any atom is -0.481 e. The van der Waals surface area contributed by atoms with E-state index in [0.717, 1.165) is 0 Å². The molecule has 0 radical (unpaired) electrons. The Labute approximate surface area is 108 Å². The monoisotopic (exact) mass is 273 g/mol. The lowest BCUT2D eigenvalue weighted by Crippen LogP contribution is -2.28. The normalized spacial score (nSPS) is 12.0. The number of nitrogens with one attached hydrogen (secondary N) is 1. The largest absolute Gasteiger partial charge is 0.481 e. The van der Waals surface area contributed by atoms with Crippen molar-refractivity contribution >= 4 is 11.9 Å². The van der Waals surface area contributed by atoms with E-state index in [9.17, 15) is 18.4 Å². The van der Waals surface area contributed by atoms with E-state index in [2.05, 4.69) is 10.1 Å². The number of carboxylic acid groups (broad SMARTS) is 1. The third kappa shape index (κ3) is 4.90. The first-order valence-electron chi connectivity index (χ1n) is 5.45. The van der Waals surface area contributed by atoms with Gasteiger partial charge in [-0.15, -0.1) is 0 Å². The molecule has 0 saturated carbocycles. The molecule has 19 heavy (non-hydrogen) atoms. The van der Waals surface area contributed by atoms with E-state index in [-0.39, 0.29) is 5.75 Å². The maximum Gasteiger partial charge on any atom is 0.387 e. The summed E-state index contributed by atoms with van der Waals surface area (Å²) in [6.07, 6.45) is -0.678. The van der Waals surface area contributed by atoms with Gasteiger partial charge in [0, 0.05) is 5.56 Å². The van der Waals surface area contributed by atoms with Crippen molar-refractivity contribution in [1.82, 2.24) is 5.32 Å². The molecule has 7 heteroatoms. The van der Waals surface area contributed by atoms with Gasteiger partial charge in [0.1, 0.15) is 12.2 Å². The second kappa shape index (κ2) is 6.67. The van der Waals surface area contributed by atoms with Gasteiger partial charge in [-0.25, -0.2) is 0 Å². The molecule has 1 amide bonds. The first-order valence-corrected chi connectivity index (χ1v) is 5.45. The van der Waals surface area contributed by atoms with Crippen molar-refractivity contribution < 1.29 is 28.2 Å². The number of rotatable bonds is 6. The molecule has 1 rings (SSSR count). The van der Waals surface area contributed by atoms with Crippen LogP contribution in [-0.2, 0) is 9.59 Å². The number of benzene rings is 1. The summed E-state index contributed by atoms with van der Waals surface area (Å²) >= 11 is 0. The molecule has 0 saturated heterocycles. The van der Waals surface area contributed by atoms with Gasteiger partial charge in [0.05, 0.1) is 6.04 Å². The zero-order chi connectivity index (χ0) is 14.4. The van der Waals surface area contributed by atoms with Crippen molar-refractivity contribution in [2.75, 3.05) is 0 Å². The van der Waals surface area contributed by atoms with Crippen LogP contribution in [-0.4, -0.2) is 23.6 Å². The fourth-order valence-electron chi connectivity index (χ4n) is 1.55. The lowest BCUT2D eigenvalue weighted by Gasteiger charge is -2.17. The molecule has 0 aliphatic heterocycles. The van der Waals surface area contributed by atoms with Crippen LogP contribution >= 0.6 is 0 Å². The molecule has 0 fully saturated rings. The minimum absolute atomic E-state index is 0.0550.